The first-order chi connectivity index (χ1) is 18.7. The van der Waals surface area contributed by atoms with Crippen molar-refractivity contribution in [3.05, 3.63) is 137 Å². The minimum Gasteiger partial charge on any atom is -0.496 e. The van der Waals surface area contributed by atoms with Crippen molar-refractivity contribution < 1.29 is 23.8 Å². The Morgan fingerprint density at radius 2 is 1.33 bits per heavy atom. The van der Waals surface area contributed by atoms with Crippen LogP contribution in [-0.4, -0.2) is 18.9 Å². The summed E-state index contributed by atoms with van der Waals surface area (Å²) in [6, 6.07) is 28.6. The van der Waals surface area contributed by atoms with Crippen molar-refractivity contribution in [3.8, 4) is 17.2 Å². The molecule has 0 bridgehead atoms. The van der Waals surface area contributed by atoms with Crippen molar-refractivity contribution in [1.82, 2.24) is 0 Å². The van der Waals surface area contributed by atoms with Crippen LogP contribution in [0, 0.1) is 6.92 Å². The van der Waals surface area contributed by atoms with Crippen LogP contribution >= 0.6 is 0 Å². The van der Waals surface area contributed by atoms with Gasteiger partial charge in [-0.1, -0.05) is 68.5 Å². The molecule has 5 heteroatoms. The number of benzene rings is 4. The summed E-state index contributed by atoms with van der Waals surface area (Å²) in [5.41, 5.74) is 4.98. The molecule has 0 radical (unpaired) electrons. The highest BCUT2D eigenvalue weighted by Gasteiger charge is 2.24. The summed E-state index contributed by atoms with van der Waals surface area (Å²) in [7, 11) is 1.59. The number of carbonyl (C=O) groups excluding carboxylic acids is 2. The lowest BCUT2D eigenvalue weighted by atomic mass is 9.77. The monoisotopic (exact) mass is 520 g/mol. The van der Waals surface area contributed by atoms with Gasteiger partial charge in [0.15, 0.2) is 5.78 Å². The van der Waals surface area contributed by atoms with E-state index in [0.29, 0.717) is 28.4 Å². The molecule has 0 saturated heterocycles. The number of aryl methyl sites for hydroxylation is 1. The highest BCUT2D eigenvalue weighted by molar-refractivity contribution is 6.09. The topological polar surface area (TPSA) is 61.8 Å². The standard InChI is InChI=1S/C34H32O5/c1-6-32(35)38-22-26-21-28(15-20-31(26)37-5)34(3,4)27-13-18-30(19-14-27)39-29-16-11-25(12-17-29)33(36)24-9-7-23(2)8-10-24/h6-21H,1,22H2,2-5H3. The van der Waals surface area contributed by atoms with Gasteiger partial charge in [-0.15, -0.1) is 0 Å². The molecule has 0 spiro atoms. The highest BCUT2D eigenvalue weighted by atomic mass is 16.5. The third-order valence-electron chi connectivity index (χ3n) is 6.78. The Hall–Kier alpha value is -4.64. The smallest absolute Gasteiger partial charge is 0.330 e. The molecule has 39 heavy (non-hydrogen) atoms. The maximum atomic E-state index is 12.7. The van der Waals surface area contributed by atoms with E-state index in [1.165, 1.54) is 0 Å². The molecule has 0 aliphatic carbocycles. The number of carbonyl (C=O) groups is 2. The molecule has 0 aliphatic rings. The van der Waals surface area contributed by atoms with Gasteiger partial charge in [-0.05, 0) is 66.6 Å². The average molecular weight is 521 g/mol. The second-order valence-corrected chi connectivity index (χ2v) is 9.81. The molecule has 4 aromatic carbocycles. The van der Waals surface area contributed by atoms with Crippen molar-refractivity contribution in [2.75, 3.05) is 7.11 Å². The van der Waals surface area contributed by atoms with Gasteiger partial charge in [-0.2, -0.15) is 0 Å². The molecule has 4 rings (SSSR count). The molecule has 0 N–H and O–H groups in total. The zero-order valence-corrected chi connectivity index (χ0v) is 22.7. The molecule has 198 valence electrons. The maximum Gasteiger partial charge on any atom is 0.330 e. The largest absolute Gasteiger partial charge is 0.496 e. The Kier molecular flexibility index (Phi) is 8.30. The van der Waals surface area contributed by atoms with Gasteiger partial charge in [0.05, 0.1) is 7.11 Å². The van der Waals surface area contributed by atoms with E-state index in [1.54, 1.807) is 31.4 Å². The summed E-state index contributed by atoms with van der Waals surface area (Å²) in [6.07, 6.45) is 1.14. The fourth-order valence-electron chi connectivity index (χ4n) is 4.28. The zero-order chi connectivity index (χ0) is 28.0. The molecule has 0 fully saturated rings. The minimum absolute atomic E-state index is 0.0197. The summed E-state index contributed by atoms with van der Waals surface area (Å²) in [6.45, 7) is 9.80. The second kappa shape index (κ2) is 11.8. The molecule has 0 aromatic heterocycles. The van der Waals surface area contributed by atoms with Crippen molar-refractivity contribution in [1.29, 1.82) is 0 Å². The van der Waals surface area contributed by atoms with E-state index in [0.717, 1.165) is 28.3 Å². The molecule has 0 heterocycles. The van der Waals surface area contributed by atoms with Crippen LogP contribution in [0.4, 0.5) is 0 Å². The third kappa shape index (κ3) is 6.44. The number of ketones is 1. The van der Waals surface area contributed by atoms with E-state index in [2.05, 4.69) is 20.4 Å². The predicted molar refractivity (Wildman–Crippen MR) is 153 cm³/mol. The van der Waals surface area contributed by atoms with Crippen LogP contribution in [0.15, 0.2) is 104 Å². The van der Waals surface area contributed by atoms with Crippen molar-refractivity contribution >= 4 is 11.8 Å². The molecule has 4 aromatic rings. The van der Waals surface area contributed by atoms with Crippen LogP contribution in [0.1, 0.15) is 52.0 Å². The van der Waals surface area contributed by atoms with Crippen LogP contribution in [0.3, 0.4) is 0 Å². The fraction of sp³-hybridized carbons (Fsp3) is 0.176. The van der Waals surface area contributed by atoms with Gasteiger partial charge in [0.1, 0.15) is 23.9 Å². The first-order valence-corrected chi connectivity index (χ1v) is 12.7. The first kappa shape index (κ1) is 27.4. The SMILES string of the molecule is C=CC(=O)OCc1cc(C(C)(C)c2ccc(Oc3ccc(C(=O)c4ccc(C)cc4)cc3)cc2)ccc1OC. The van der Waals surface area contributed by atoms with Gasteiger partial charge >= 0.3 is 5.97 Å². The number of ether oxygens (including phenoxy) is 3. The fourth-order valence-corrected chi connectivity index (χ4v) is 4.28. The molecule has 0 saturated carbocycles. The Balaban J connectivity index is 1.47. The molecule has 0 amide bonds. The summed E-state index contributed by atoms with van der Waals surface area (Å²) in [5.74, 6) is 1.50. The first-order valence-electron chi connectivity index (χ1n) is 12.7. The lowest BCUT2D eigenvalue weighted by Crippen LogP contribution is -2.19. The number of hydrogen-bond donors (Lipinski definition) is 0. The minimum atomic E-state index is -0.482. The number of hydrogen-bond acceptors (Lipinski definition) is 5. The van der Waals surface area contributed by atoms with Gasteiger partial charge in [0, 0.05) is 28.2 Å². The van der Waals surface area contributed by atoms with Gasteiger partial charge in [-0.25, -0.2) is 4.79 Å². The lowest BCUT2D eigenvalue weighted by Gasteiger charge is -2.27. The number of esters is 1. The lowest BCUT2D eigenvalue weighted by molar-refractivity contribution is -0.139. The Labute approximate surface area is 229 Å². The van der Waals surface area contributed by atoms with Gasteiger partial charge in [0.2, 0.25) is 0 Å². The quantitative estimate of drug-likeness (QED) is 0.123. The van der Waals surface area contributed by atoms with E-state index < -0.39 is 5.97 Å². The normalized spacial score (nSPS) is 11.0. The van der Waals surface area contributed by atoms with E-state index in [4.69, 9.17) is 14.2 Å². The number of rotatable bonds is 10. The zero-order valence-electron chi connectivity index (χ0n) is 22.7. The molecular weight excluding hydrogens is 488 g/mol. The predicted octanol–water partition coefficient (Wildman–Crippen LogP) is 7.58. The van der Waals surface area contributed by atoms with E-state index in [1.807, 2.05) is 73.7 Å². The van der Waals surface area contributed by atoms with E-state index in [-0.39, 0.29) is 17.8 Å². The van der Waals surface area contributed by atoms with Crippen LogP contribution in [0.2, 0.25) is 0 Å². The molecule has 0 atom stereocenters. The summed E-state index contributed by atoms with van der Waals surface area (Å²) in [4.78, 5) is 24.3. The van der Waals surface area contributed by atoms with Crippen LogP contribution in [0.5, 0.6) is 17.2 Å². The van der Waals surface area contributed by atoms with E-state index >= 15 is 0 Å². The van der Waals surface area contributed by atoms with Crippen LogP contribution in [0.25, 0.3) is 0 Å². The Morgan fingerprint density at radius 3 is 1.90 bits per heavy atom. The molecular formula is C34H32O5. The summed E-state index contributed by atoms with van der Waals surface area (Å²) >= 11 is 0. The van der Waals surface area contributed by atoms with Gasteiger partial charge in [-0.3, -0.25) is 4.79 Å². The average Bonchev–Trinajstić information content (AvgIpc) is 2.96. The Morgan fingerprint density at radius 1 is 0.795 bits per heavy atom. The summed E-state index contributed by atoms with van der Waals surface area (Å²) < 4.78 is 16.7. The van der Waals surface area contributed by atoms with Gasteiger partial charge in [0.25, 0.3) is 0 Å². The van der Waals surface area contributed by atoms with E-state index in [9.17, 15) is 9.59 Å². The van der Waals surface area contributed by atoms with Crippen molar-refractivity contribution in [2.24, 2.45) is 0 Å². The van der Waals surface area contributed by atoms with Crippen LogP contribution < -0.4 is 9.47 Å². The summed E-state index contributed by atoms with van der Waals surface area (Å²) in [5, 5.41) is 0. The second-order valence-electron chi connectivity index (χ2n) is 9.81. The third-order valence-corrected chi connectivity index (χ3v) is 6.78. The Bertz CT molecular complexity index is 1460. The highest BCUT2D eigenvalue weighted by Crippen LogP contribution is 2.35. The maximum absolute atomic E-state index is 12.7. The molecule has 5 nitrogen and oxygen atoms in total. The molecule has 0 aliphatic heterocycles. The van der Waals surface area contributed by atoms with Crippen molar-refractivity contribution in [2.45, 2.75) is 32.8 Å². The van der Waals surface area contributed by atoms with Crippen molar-refractivity contribution in [3.63, 3.8) is 0 Å². The van der Waals surface area contributed by atoms with Gasteiger partial charge < -0.3 is 14.2 Å². The van der Waals surface area contributed by atoms with Crippen LogP contribution in [-0.2, 0) is 21.6 Å². The molecule has 0 unspecified atom stereocenters. The number of methoxy groups -OCH3 is 1.